The minimum absolute atomic E-state index is 0.0977. The molecule has 3 N–H and O–H groups in total. The molecule has 0 saturated heterocycles. The Morgan fingerprint density at radius 3 is 3.00 bits per heavy atom. The van der Waals surface area contributed by atoms with Crippen LogP contribution in [-0.2, 0) is 11.2 Å². The van der Waals surface area contributed by atoms with Crippen LogP contribution in [0.4, 0.5) is 0 Å². The molecule has 0 spiro atoms. The highest BCUT2D eigenvalue weighted by Gasteiger charge is 2.16. The minimum Gasteiger partial charge on any atom is -0.501 e. The predicted molar refractivity (Wildman–Crippen MR) is 68.9 cm³/mol. The first-order valence-electron chi connectivity index (χ1n) is 6.09. The third-order valence-corrected chi connectivity index (χ3v) is 3.06. The van der Waals surface area contributed by atoms with E-state index in [-0.39, 0.29) is 6.04 Å². The number of hydrazine groups is 1. The van der Waals surface area contributed by atoms with E-state index in [0.29, 0.717) is 5.88 Å². The Morgan fingerprint density at radius 2 is 2.44 bits per heavy atom. The highest BCUT2D eigenvalue weighted by Crippen LogP contribution is 2.18. The molecule has 1 aliphatic rings. The summed E-state index contributed by atoms with van der Waals surface area (Å²) in [6.07, 6.45) is 6.50. The summed E-state index contributed by atoms with van der Waals surface area (Å²) in [6, 6.07) is 3.95. The molecule has 2 heterocycles. The molecule has 0 bridgehead atoms. The van der Waals surface area contributed by atoms with Gasteiger partial charge in [0, 0.05) is 18.3 Å². The standard InChI is InChI=1S/C13H19N3O2/c1-17-13-5-4-10(8-15-13)7-12(16-14)11-3-2-6-18-9-11/h4-5,8-9,12,16H,2-3,6-7,14H2,1H3. The molecule has 18 heavy (non-hydrogen) atoms. The summed E-state index contributed by atoms with van der Waals surface area (Å²) in [6.45, 7) is 0.797. The van der Waals surface area contributed by atoms with Crippen molar-refractivity contribution in [1.29, 1.82) is 0 Å². The van der Waals surface area contributed by atoms with Gasteiger partial charge in [-0.25, -0.2) is 4.98 Å². The molecule has 0 aromatic carbocycles. The van der Waals surface area contributed by atoms with Crippen LogP contribution in [0.3, 0.4) is 0 Å². The second kappa shape index (κ2) is 6.37. The van der Waals surface area contributed by atoms with E-state index in [1.807, 2.05) is 24.6 Å². The largest absolute Gasteiger partial charge is 0.501 e. The van der Waals surface area contributed by atoms with Gasteiger partial charge in [0.25, 0.3) is 0 Å². The van der Waals surface area contributed by atoms with E-state index in [4.69, 9.17) is 15.3 Å². The van der Waals surface area contributed by atoms with Gasteiger partial charge in [0.15, 0.2) is 0 Å². The summed E-state index contributed by atoms with van der Waals surface area (Å²) < 4.78 is 10.4. The van der Waals surface area contributed by atoms with Crippen molar-refractivity contribution in [2.24, 2.45) is 5.84 Å². The normalized spacial score (nSPS) is 16.7. The monoisotopic (exact) mass is 249 g/mol. The van der Waals surface area contributed by atoms with Gasteiger partial charge >= 0.3 is 0 Å². The van der Waals surface area contributed by atoms with Crippen LogP contribution >= 0.6 is 0 Å². The average molecular weight is 249 g/mol. The Kier molecular flexibility index (Phi) is 4.55. The van der Waals surface area contributed by atoms with Crippen LogP contribution in [0.5, 0.6) is 5.88 Å². The lowest BCUT2D eigenvalue weighted by Gasteiger charge is -2.22. The van der Waals surface area contributed by atoms with Gasteiger partial charge in [0.05, 0.1) is 20.0 Å². The van der Waals surface area contributed by atoms with Gasteiger partial charge in [-0.1, -0.05) is 6.07 Å². The van der Waals surface area contributed by atoms with E-state index in [2.05, 4.69) is 10.4 Å². The quantitative estimate of drug-likeness (QED) is 0.605. The fraction of sp³-hybridized carbons (Fsp3) is 0.462. The number of rotatable bonds is 5. The lowest BCUT2D eigenvalue weighted by atomic mass is 9.97. The summed E-state index contributed by atoms with van der Waals surface area (Å²) >= 11 is 0. The maximum absolute atomic E-state index is 5.62. The second-order valence-corrected chi connectivity index (χ2v) is 4.30. The number of nitrogens with zero attached hydrogens (tertiary/aromatic N) is 1. The Balaban J connectivity index is 2.02. The van der Waals surface area contributed by atoms with Crippen molar-refractivity contribution in [3.05, 3.63) is 35.7 Å². The van der Waals surface area contributed by atoms with Crippen LogP contribution in [0.15, 0.2) is 30.2 Å². The molecule has 0 aliphatic carbocycles. The van der Waals surface area contributed by atoms with E-state index in [9.17, 15) is 0 Å². The van der Waals surface area contributed by atoms with Gasteiger partial charge in [-0.3, -0.25) is 11.3 Å². The lowest BCUT2D eigenvalue weighted by molar-refractivity contribution is 0.219. The first-order valence-corrected chi connectivity index (χ1v) is 6.09. The Bertz CT molecular complexity index is 403. The summed E-state index contributed by atoms with van der Waals surface area (Å²) in [7, 11) is 1.61. The number of ether oxygens (including phenoxy) is 2. The molecule has 1 aromatic rings. The zero-order valence-electron chi connectivity index (χ0n) is 10.6. The van der Waals surface area contributed by atoms with Gasteiger partial charge in [-0.2, -0.15) is 0 Å². The van der Waals surface area contributed by atoms with Crippen molar-refractivity contribution in [1.82, 2.24) is 10.4 Å². The van der Waals surface area contributed by atoms with E-state index in [1.54, 1.807) is 7.11 Å². The van der Waals surface area contributed by atoms with Crippen molar-refractivity contribution < 1.29 is 9.47 Å². The fourth-order valence-corrected chi connectivity index (χ4v) is 2.03. The first-order chi connectivity index (χ1) is 8.83. The molecular formula is C13H19N3O2. The van der Waals surface area contributed by atoms with Gasteiger partial charge in [0.2, 0.25) is 5.88 Å². The smallest absolute Gasteiger partial charge is 0.212 e. The molecular weight excluding hydrogens is 230 g/mol. The number of hydrogen-bond donors (Lipinski definition) is 2. The number of nitrogens with two attached hydrogens (primary N) is 1. The van der Waals surface area contributed by atoms with Crippen molar-refractivity contribution in [3.8, 4) is 5.88 Å². The summed E-state index contributed by atoms with van der Waals surface area (Å²) in [4.78, 5) is 4.19. The van der Waals surface area contributed by atoms with Gasteiger partial charge in [-0.05, 0) is 30.4 Å². The number of pyridine rings is 1. The Labute approximate surface area is 107 Å². The molecule has 98 valence electrons. The number of nitrogens with one attached hydrogen (secondary N) is 1. The van der Waals surface area contributed by atoms with Crippen LogP contribution in [0.1, 0.15) is 18.4 Å². The summed E-state index contributed by atoms with van der Waals surface area (Å²) in [5, 5.41) is 0. The highest BCUT2D eigenvalue weighted by atomic mass is 16.5. The topological polar surface area (TPSA) is 69.4 Å². The van der Waals surface area contributed by atoms with E-state index in [0.717, 1.165) is 31.4 Å². The molecule has 1 aliphatic heterocycles. The second-order valence-electron chi connectivity index (χ2n) is 4.30. The Hall–Kier alpha value is -1.59. The fourth-order valence-electron chi connectivity index (χ4n) is 2.03. The third-order valence-electron chi connectivity index (χ3n) is 3.06. The van der Waals surface area contributed by atoms with Crippen LogP contribution in [-0.4, -0.2) is 24.7 Å². The predicted octanol–water partition coefficient (Wildman–Crippen LogP) is 1.16. The molecule has 2 rings (SSSR count). The minimum atomic E-state index is 0.0977. The molecule has 0 amide bonds. The zero-order valence-corrected chi connectivity index (χ0v) is 10.6. The van der Waals surface area contributed by atoms with Crippen LogP contribution in [0.25, 0.3) is 0 Å². The van der Waals surface area contributed by atoms with Crippen LogP contribution < -0.4 is 16.0 Å². The number of aromatic nitrogens is 1. The molecule has 0 radical (unpaired) electrons. The average Bonchev–Trinajstić information content (AvgIpc) is 2.46. The van der Waals surface area contributed by atoms with Crippen molar-refractivity contribution in [2.45, 2.75) is 25.3 Å². The number of hydrogen-bond acceptors (Lipinski definition) is 5. The van der Waals surface area contributed by atoms with Gasteiger partial charge in [0.1, 0.15) is 0 Å². The molecule has 1 unspecified atom stereocenters. The molecule has 1 atom stereocenters. The molecule has 1 aromatic heterocycles. The van der Waals surface area contributed by atoms with Crippen molar-refractivity contribution in [2.75, 3.05) is 13.7 Å². The van der Waals surface area contributed by atoms with E-state index >= 15 is 0 Å². The summed E-state index contributed by atoms with van der Waals surface area (Å²) in [5.74, 6) is 6.24. The highest BCUT2D eigenvalue weighted by molar-refractivity contribution is 5.22. The van der Waals surface area contributed by atoms with Crippen molar-refractivity contribution >= 4 is 0 Å². The maximum Gasteiger partial charge on any atom is 0.212 e. The van der Waals surface area contributed by atoms with Crippen LogP contribution in [0.2, 0.25) is 0 Å². The zero-order chi connectivity index (χ0) is 12.8. The molecule has 0 saturated carbocycles. The SMILES string of the molecule is COc1ccc(CC(NN)C2=COCCC2)cn1. The Morgan fingerprint density at radius 1 is 1.56 bits per heavy atom. The van der Waals surface area contributed by atoms with E-state index < -0.39 is 0 Å². The molecule has 0 fully saturated rings. The van der Waals surface area contributed by atoms with Gasteiger partial charge < -0.3 is 9.47 Å². The number of methoxy groups -OCH3 is 1. The van der Waals surface area contributed by atoms with E-state index in [1.165, 1.54) is 5.57 Å². The van der Waals surface area contributed by atoms with Crippen LogP contribution in [0, 0.1) is 0 Å². The molecule has 5 heteroatoms. The maximum atomic E-state index is 5.62. The van der Waals surface area contributed by atoms with Gasteiger partial charge in [-0.15, -0.1) is 0 Å². The lowest BCUT2D eigenvalue weighted by Crippen LogP contribution is -2.39. The third kappa shape index (κ3) is 3.21. The molecule has 5 nitrogen and oxygen atoms in total. The first kappa shape index (κ1) is 12.9. The van der Waals surface area contributed by atoms with Crippen molar-refractivity contribution in [3.63, 3.8) is 0 Å². The summed E-state index contributed by atoms with van der Waals surface area (Å²) in [5.41, 5.74) is 5.17.